The molecule has 0 aliphatic heterocycles. The average molecular weight is 186 g/mol. The minimum Gasteiger partial charge on any atom is -0.508 e. The fraction of sp³-hybridized carbons (Fsp3) is 0.222. The largest absolute Gasteiger partial charge is 0.508 e. The van der Waals surface area contributed by atoms with Gasteiger partial charge in [-0.05, 0) is 17.7 Å². The predicted molar refractivity (Wildman–Crippen MR) is 42.9 cm³/mol. The molecule has 0 saturated carbocycles. The lowest BCUT2D eigenvalue weighted by atomic mass is 10.0. The van der Waals surface area contributed by atoms with Crippen LogP contribution in [0.1, 0.15) is 11.5 Å². The summed E-state index contributed by atoms with van der Waals surface area (Å²) in [5, 5.41) is 8.87. The molecule has 0 spiro atoms. The minimum atomic E-state index is -2.71. The van der Waals surface area contributed by atoms with Gasteiger partial charge in [-0.1, -0.05) is 12.1 Å². The van der Waals surface area contributed by atoms with Crippen LogP contribution in [0.4, 0.5) is 8.78 Å². The molecule has 0 aliphatic rings. The Balaban J connectivity index is 2.92. The third-order valence-electron chi connectivity index (χ3n) is 1.70. The first-order valence-electron chi connectivity index (χ1n) is 3.67. The highest BCUT2D eigenvalue weighted by molar-refractivity contribution is 5.62. The van der Waals surface area contributed by atoms with Crippen molar-refractivity contribution in [3.05, 3.63) is 29.8 Å². The van der Waals surface area contributed by atoms with E-state index in [1.807, 2.05) is 0 Å². The van der Waals surface area contributed by atoms with E-state index in [1.54, 1.807) is 0 Å². The number of aromatic hydroxyl groups is 1. The molecule has 0 heterocycles. The first-order chi connectivity index (χ1) is 6.15. The van der Waals surface area contributed by atoms with Crippen molar-refractivity contribution >= 4 is 6.29 Å². The number of hydrogen-bond donors (Lipinski definition) is 1. The van der Waals surface area contributed by atoms with E-state index < -0.39 is 12.3 Å². The van der Waals surface area contributed by atoms with Gasteiger partial charge in [-0.15, -0.1) is 0 Å². The number of phenolic OH excluding ortho intramolecular Hbond substituents is 1. The zero-order chi connectivity index (χ0) is 9.84. The SMILES string of the molecule is O=CC(c1ccc(O)cc1)C(F)F. The van der Waals surface area contributed by atoms with Crippen molar-refractivity contribution in [3.63, 3.8) is 0 Å². The molecule has 1 unspecified atom stereocenters. The molecule has 4 heteroatoms. The number of hydrogen-bond acceptors (Lipinski definition) is 2. The number of aldehydes is 1. The third kappa shape index (κ3) is 2.24. The molecular formula is C9H8F2O2. The Morgan fingerprint density at radius 2 is 1.77 bits per heavy atom. The molecular weight excluding hydrogens is 178 g/mol. The maximum Gasteiger partial charge on any atom is 0.252 e. The summed E-state index contributed by atoms with van der Waals surface area (Å²) in [4.78, 5) is 10.3. The lowest BCUT2D eigenvalue weighted by molar-refractivity contribution is -0.111. The number of carbonyl (C=O) groups excluding carboxylic acids is 1. The summed E-state index contributed by atoms with van der Waals surface area (Å²) in [6.07, 6.45) is -2.50. The summed E-state index contributed by atoms with van der Waals surface area (Å²) in [5.74, 6) is -1.41. The molecule has 0 aromatic heterocycles. The maximum absolute atomic E-state index is 12.2. The van der Waals surface area contributed by atoms with Gasteiger partial charge in [-0.25, -0.2) is 8.78 Å². The Kier molecular flexibility index (Phi) is 2.95. The molecule has 1 N–H and O–H groups in total. The van der Waals surface area contributed by atoms with Crippen molar-refractivity contribution in [2.45, 2.75) is 12.3 Å². The molecule has 0 radical (unpaired) electrons. The van der Waals surface area contributed by atoms with E-state index in [9.17, 15) is 13.6 Å². The van der Waals surface area contributed by atoms with Crippen LogP contribution in [0.25, 0.3) is 0 Å². The number of benzene rings is 1. The number of rotatable bonds is 3. The molecule has 70 valence electrons. The highest BCUT2D eigenvalue weighted by Gasteiger charge is 2.21. The molecule has 0 aliphatic carbocycles. The van der Waals surface area contributed by atoms with Crippen LogP contribution in [-0.2, 0) is 4.79 Å². The summed E-state index contributed by atoms with van der Waals surface area (Å²) < 4.78 is 24.4. The average Bonchev–Trinajstić information content (AvgIpc) is 2.09. The van der Waals surface area contributed by atoms with Gasteiger partial charge >= 0.3 is 0 Å². The molecule has 1 aromatic rings. The van der Waals surface area contributed by atoms with Gasteiger partial charge in [-0.3, -0.25) is 0 Å². The summed E-state index contributed by atoms with van der Waals surface area (Å²) in [7, 11) is 0. The fourth-order valence-corrected chi connectivity index (χ4v) is 0.980. The first-order valence-corrected chi connectivity index (χ1v) is 3.67. The Labute approximate surface area is 73.8 Å². The summed E-state index contributed by atoms with van der Waals surface area (Å²) >= 11 is 0. The van der Waals surface area contributed by atoms with E-state index in [-0.39, 0.29) is 17.6 Å². The third-order valence-corrected chi connectivity index (χ3v) is 1.70. The Bertz CT molecular complexity index is 282. The second kappa shape index (κ2) is 3.98. The molecule has 0 bridgehead atoms. The van der Waals surface area contributed by atoms with Crippen molar-refractivity contribution in [3.8, 4) is 5.75 Å². The monoisotopic (exact) mass is 186 g/mol. The summed E-state index contributed by atoms with van der Waals surface area (Å²) in [6.45, 7) is 0. The highest BCUT2D eigenvalue weighted by atomic mass is 19.3. The first kappa shape index (κ1) is 9.64. The molecule has 0 saturated heterocycles. The van der Waals surface area contributed by atoms with Crippen LogP contribution >= 0.6 is 0 Å². The predicted octanol–water partition coefficient (Wildman–Crippen LogP) is 1.94. The second-order valence-corrected chi connectivity index (χ2v) is 2.59. The van der Waals surface area contributed by atoms with Crippen molar-refractivity contribution < 1.29 is 18.7 Å². The Morgan fingerprint density at radius 3 is 2.15 bits per heavy atom. The smallest absolute Gasteiger partial charge is 0.252 e. The van der Waals surface area contributed by atoms with E-state index in [0.29, 0.717) is 0 Å². The van der Waals surface area contributed by atoms with Crippen LogP contribution in [0.15, 0.2) is 24.3 Å². The van der Waals surface area contributed by atoms with Crippen LogP contribution < -0.4 is 0 Å². The van der Waals surface area contributed by atoms with Crippen molar-refractivity contribution in [2.75, 3.05) is 0 Å². The van der Waals surface area contributed by atoms with Crippen LogP contribution in [0.3, 0.4) is 0 Å². The van der Waals surface area contributed by atoms with Crippen molar-refractivity contribution in [1.82, 2.24) is 0 Å². The van der Waals surface area contributed by atoms with Crippen molar-refractivity contribution in [2.24, 2.45) is 0 Å². The number of halogens is 2. The van der Waals surface area contributed by atoms with E-state index in [4.69, 9.17) is 5.11 Å². The zero-order valence-corrected chi connectivity index (χ0v) is 6.65. The molecule has 0 amide bonds. The molecule has 1 aromatic carbocycles. The number of carbonyl (C=O) groups is 1. The van der Waals surface area contributed by atoms with E-state index in [0.717, 1.165) is 0 Å². The van der Waals surface area contributed by atoms with Crippen LogP contribution in [0.2, 0.25) is 0 Å². The summed E-state index contributed by atoms with van der Waals surface area (Å²) in [5.41, 5.74) is 0.211. The van der Waals surface area contributed by atoms with Gasteiger partial charge in [0.2, 0.25) is 0 Å². The van der Waals surface area contributed by atoms with E-state index in [2.05, 4.69) is 0 Å². The highest BCUT2D eigenvalue weighted by Crippen LogP contribution is 2.22. The van der Waals surface area contributed by atoms with Gasteiger partial charge in [0.05, 0.1) is 0 Å². The van der Waals surface area contributed by atoms with Gasteiger partial charge in [0.25, 0.3) is 6.43 Å². The normalized spacial score (nSPS) is 12.8. The van der Waals surface area contributed by atoms with Crippen LogP contribution in [0.5, 0.6) is 5.75 Å². The van der Waals surface area contributed by atoms with Crippen LogP contribution in [0, 0.1) is 0 Å². The number of phenols is 1. The van der Waals surface area contributed by atoms with Gasteiger partial charge in [0.15, 0.2) is 0 Å². The van der Waals surface area contributed by atoms with Gasteiger partial charge in [0, 0.05) is 0 Å². The lowest BCUT2D eigenvalue weighted by Gasteiger charge is -2.08. The lowest BCUT2D eigenvalue weighted by Crippen LogP contribution is -2.10. The molecule has 0 fully saturated rings. The molecule has 13 heavy (non-hydrogen) atoms. The fourth-order valence-electron chi connectivity index (χ4n) is 0.980. The van der Waals surface area contributed by atoms with Crippen molar-refractivity contribution in [1.29, 1.82) is 0 Å². The van der Waals surface area contributed by atoms with Gasteiger partial charge in [-0.2, -0.15) is 0 Å². The van der Waals surface area contributed by atoms with E-state index >= 15 is 0 Å². The zero-order valence-electron chi connectivity index (χ0n) is 6.65. The number of alkyl halides is 2. The Morgan fingerprint density at radius 1 is 1.23 bits per heavy atom. The molecule has 1 rings (SSSR count). The van der Waals surface area contributed by atoms with E-state index in [1.165, 1.54) is 24.3 Å². The second-order valence-electron chi connectivity index (χ2n) is 2.59. The topological polar surface area (TPSA) is 37.3 Å². The molecule has 2 nitrogen and oxygen atoms in total. The minimum absolute atomic E-state index is 0.0114. The quantitative estimate of drug-likeness (QED) is 0.732. The molecule has 1 atom stereocenters. The van der Waals surface area contributed by atoms with Gasteiger partial charge < -0.3 is 9.90 Å². The standard InChI is InChI=1S/C9H8F2O2/c10-9(11)8(5-12)6-1-3-7(13)4-2-6/h1-5,8-9,13H. The Hall–Kier alpha value is -1.45. The summed E-state index contributed by atoms with van der Waals surface area (Å²) in [6, 6.07) is 5.16. The van der Waals surface area contributed by atoms with Gasteiger partial charge in [0.1, 0.15) is 18.0 Å². The maximum atomic E-state index is 12.2. The van der Waals surface area contributed by atoms with Crippen LogP contribution in [-0.4, -0.2) is 17.8 Å².